The Bertz CT molecular complexity index is 1070. The van der Waals surface area contributed by atoms with Crippen molar-refractivity contribution in [2.45, 2.75) is 19.3 Å². The number of aryl methyl sites for hydroxylation is 1. The highest BCUT2D eigenvalue weighted by Gasteiger charge is 2.34. The molecule has 1 heterocycles. The minimum absolute atomic E-state index is 0.0571. The third kappa shape index (κ3) is 4.27. The zero-order valence-corrected chi connectivity index (χ0v) is 14.9. The molecule has 0 amide bonds. The maximum atomic E-state index is 12.8. The lowest BCUT2D eigenvalue weighted by Gasteiger charge is -2.10. The molecule has 2 nitrogen and oxygen atoms in total. The Morgan fingerprint density at radius 3 is 2.25 bits per heavy atom. The number of benzene rings is 2. The Hall–Kier alpha value is -2.61. The standard InChI is InChI=1S/C19H11ClF6N2/c1-10-8-11(2-5-14(10)28-17(20)19(24,25)26)15-6-3-12-9-13(18(21,22)23)4-7-16(12)27-15/h2-9H,1H3. The Morgan fingerprint density at radius 1 is 0.929 bits per heavy atom. The fourth-order valence-corrected chi connectivity index (χ4v) is 2.66. The van der Waals surface area contributed by atoms with Crippen LogP contribution in [0.3, 0.4) is 0 Å². The summed E-state index contributed by atoms with van der Waals surface area (Å²) in [5.41, 5.74) is 1.14. The van der Waals surface area contributed by atoms with E-state index in [2.05, 4.69) is 9.98 Å². The van der Waals surface area contributed by atoms with Gasteiger partial charge in [0, 0.05) is 10.9 Å². The molecule has 1 aromatic heterocycles. The highest BCUT2D eigenvalue weighted by molar-refractivity contribution is 6.67. The topological polar surface area (TPSA) is 25.2 Å². The first-order valence-corrected chi connectivity index (χ1v) is 8.23. The molecule has 28 heavy (non-hydrogen) atoms. The molecule has 0 radical (unpaired) electrons. The van der Waals surface area contributed by atoms with E-state index in [1.807, 2.05) is 0 Å². The maximum Gasteiger partial charge on any atom is 0.444 e. The summed E-state index contributed by atoms with van der Waals surface area (Å²) in [7, 11) is 0. The summed E-state index contributed by atoms with van der Waals surface area (Å²) in [5, 5.41) is -1.15. The number of hydrogen-bond acceptors (Lipinski definition) is 2. The molecule has 0 bridgehead atoms. The van der Waals surface area contributed by atoms with E-state index >= 15 is 0 Å². The van der Waals surface area contributed by atoms with Crippen LogP contribution in [0, 0.1) is 6.92 Å². The van der Waals surface area contributed by atoms with Gasteiger partial charge in [0.25, 0.3) is 0 Å². The molecule has 0 aliphatic heterocycles. The van der Waals surface area contributed by atoms with Crippen molar-refractivity contribution in [1.82, 2.24) is 4.98 Å². The molecule has 0 aliphatic rings. The predicted octanol–water partition coefficient (Wildman–Crippen LogP) is 7.06. The molecule has 0 N–H and O–H groups in total. The first kappa shape index (κ1) is 20.1. The van der Waals surface area contributed by atoms with E-state index in [-0.39, 0.29) is 5.69 Å². The van der Waals surface area contributed by atoms with Crippen LogP contribution >= 0.6 is 11.6 Å². The summed E-state index contributed by atoms with van der Waals surface area (Å²) in [6.45, 7) is 1.57. The van der Waals surface area contributed by atoms with Crippen LogP contribution in [-0.2, 0) is 6.18 Å². The minimum atomic E-state index is -4.73. The van der Waals surface area contributed by atoms with Crippen molar-refractivity contribution in [2.24, 2.45) is 4.99 Å². The summed E-state index contributed by atoms with van der Waals surface area (Å²) in [5.74, 6) is 0. The number of nitrogens with zero attached hydrogens (tertiary/aromatic N) is 2. The molecule has 3 rings (SSSR count). The zero-order valence-electron chi connectivity index (χ0n) is 14.2. The van der Waals surface area contributed by atoms with Crippen LogP contribution in [-0.4, -0.2) is 16.3 Å². The smallest absolute Gasteiger partial charge is 0.248 e. The second-order valence-corrected chi connectivity index (χ2v) is 6.36. The molecule has 3 aromatic rings. The lowest BCUT2D eigenvalue weighted by Crippen LogP contribution is -2.16. The number of aromatic nitrogens is 1. The number of pyridine rings is 1. The maximum absolute atomic E-state index is 12.8. The zero-order chi connectivity index (χ0) is 20.7. The van der Waals surface area contributed by atoms with E-state index in [1.165, 1.54) is 24.3 Å². The number of alkyl halides is 6. The second-order valence-electron chi connectivity index (χ2n) is 6.00. The molecule has 9 heteroatoms. The van der Waals surface area contributed by atoms with E-state index in [9.17, 15) is 26.3 Å². The van der Waals surface area contributed by atoms with Crippen molar-refractivity contribution in [3.8, 4) is 11.3 Å². The van der Waals surface area contributed by atoms with Crippen LogP contribution in [0.5, 0.6) is 0 Å². The van der Waals surface area contributed by atoms with Gasteiger partial charge in [-0.1, -0.05) is 23.7 Å². The summed E-state index contributed by atoms with van der Waals surface area (Å²) in [6, 6.07) is 10.8. The fraction of sp³-hybridized carbons (Fsp3) is 0.158. The molecular weight excluding hydrogens is 406 g/mol. The molecule has 146 valence electrons. The molecule has 0 spiro atoms. The summed E-state index contributed by atoms with van der Waals surface area (Å²) < 4.78 is 75.9. The number of rotatable bonds is 2. The van der Waals surface area contributed by atoms with Gasteiger partial charge in [0.1, 0.15) is 0 Å². The van der Waals surface area contributed by atoms with E-state index < -0.39 is 23.1 Å². The van der Waals surface area contributed by atoms with Crippen LogP contribution in [0.25, 0.3) is 22.2 Å². The lowest BCUT2D eigenvalue weighted by molar-refractivity contribution is -0.137. The normalized spacial score (nSPS) is 13.2. The van der Waals surface area contributed by atoms with Gasteiger partial charge in [-0.3, -0.25) is 0 Å². The number of halogens is 7. The van der Waals surface area contributed by atoms with Crippen molar-refractivity contribution in [3.05, 3.63) is 59.7 Å². The number of hydrogen-bond donors (Lipinski definition) is 0. The van der Waals surface area contributed by atoms with Gasteiger partial charge in [-0.15, -0.1) is 0 Å². The average molecular weight is 417 g/mol. The van der Waals surface area contributed by atoms with E-state index in [0.29, 0.717) is 27.7 Å². The molecular formula is C19H11ClF6N2. The molecule has 0 fully saturated rings. The van der Waals surface area contributed by atoms with Crippen molar-refractivity contribution >= 4 is 33.4 Å². The van der Waals surface area contributed by atoms with Crippen LogP contribution in [0.2, 0.25) is 0 Å². The van der Waals surface area contributed by atoms with E-state index in [4.69, 9.17) is 11.6 Å². The van der Waals surface area contributed by atoms with Crippen molar-refractivity contribution in [1.29, 1.82) is 0 Å². The monoisotopic (exact) mass is 416 g/mol. The molecule has 0 atom stereocenters. The summed E-state index contributed by atoms with van der Waals surface area (Å²) in [4.78, 5) is 7.71. The molecule has 2 aromatic carbocycles. The molecule has 0 saturated heterocycles. The van der Waals surface area contributed by atoms with Crippen molar-refractivity contribution < 1.29 is 26.3 Å². The molecule has 0 saturated carbocycles. The third-order valence-electron chi connectivity index (χ3n) is 3.96. The fourth-order valence-electron chi connectivity index (χ4n) is 2.57. The molecule has 0 aliphatic carbocycles. The van der Waals surface area contributed by atoms with Crippen LogP contribution in [0.4, 0.5) is 32.0 Å². The highest BCUT2D eigenvalue weighted by atomic mass is 35.5. The lowest BCUT2D eigenvalue weighted by atomic mass is 10.0. The molecule has 0 unspecified atom stereocenters. The highest BCUT2D eigenvalue weighted by Crippen LogP contribution is 2.33. The van der Waals surface area contributed by atoms with Crippen molar-refractivity contribution in [3.63, 3.8) is 0 Å². The van der Waals surface area contributed by atoms with Crippen LogP contribution < -0.4 is 0 Å². The van der Waals surface area contributed by atoms with Gasteiger partial charge in [0.15, 0.2) is 0 Å². The predicted molar refractivity (Wildman–Crippen MR) is 95.9 cm³/mol. The van der Waals surface area contributed by atoms with Gasteiger partial charge in [-0.2, -0.15) is 26.3 Å². The van der Waals surface area contributed by atoms with Gasteiger partial charge in [0.05, 0.1) is 22.5 Å². The Balaban J connectivity index is 1.97. The first-order chi connectivity index (χ1) is 12.9. The summed E-state index contributed by atoms with van der Waals surface area (Å²) >= 11 is 5.16. The first-order valence-electron chi connectivity index (χ1n) is 7.85. The van der Waals surface area contributed by atoms with Crippen molar-refractivity contribution in [2.75, 3.05) is 0 Å². The Labute approximate surface area is 160 Å². The Kier molecular flexibility index (Phi) is 5.10. The van der Waals surface area contributed by atoms with E-state index in [1.54, 1.807) is 19.1 Å². The SMILES string of the molecule is Cc1cc(-c2ccc3cc(C(F)(F)F)ccc3n2)ccc1N=C(Cl)C(F)(F)F. The van der Waals surface area contributed by atoms with Crippen LogP contribution in [0.1, 0.15) is 11.1 Å². The minimum Gasteiger partial charge on any atom is -0.248 e. The van der Waals surface area contributed by atoms with Gasteiger partial charge in [-0.25, -0.2) is 9.98 Å². The quantitative estimate of drug-likeness (QED) is 0.324. The largest absolute Gasteiger partial charge is 0.444 e. The number of aliphatic imine (C=N–C) groups is 1. The van der Waals surface area contributed by atoms with Gasteiger partial charge in [0.2, 0.25) is 5.17 Å². The average Bonchev–Trinajstić information content (AvgIpc) is 2.60. The van der Waals surface area contributed by atoms with Crippen LogP contribution in [0.15, 0.2) is 53.5 Å². The third-order valence-corrected chi connectivity index (χ3v) is 4.26. The van der Waals surface area contributed by atoms with Gasteiger partial charge in [-0.05, 0) is 48.9 Å². The van der Waals surface area contributed by atoms with Gasteiger partial charge >= 0.3 is 12.4 Å². The number of fused-ring (bicyclic) bond motifs is 1. The second kappa shape index (κ2) is 7.09. The summed E-state index contributed by atoms with van der Waals surface area (Å²) in [6.07, 6.45) is -9.18. The Morgan fingerprint density at radius 2 is 1.64 bits per heavy atom. The van der Waals surface area contributed by atoms with Gasteiger partial charge < -0.3 is 0 Å². The van der Waals surface area contributed by atoms with E-state index in [0.717, 1.165) is 12.1 Å².